The predicted molar refractivity (Wildman–Crippen MR) is 67.4 cm³/mol. The summed E-state index contributed by atoms with van der Waals surface area (Å²) in [6.45, 7) is 2.27. The maximum atomic E-state index is 5.19. The molecule has 1 aromatic rings. The van der Waals surface area contributed by atoms with Crippen LogP contribution in [0.3, 0.4) is 0 Å². The molecule has 0 saturated heterocycles. The number of oxazole rings is 1. The fourth-order valence-electron chi connectivity index (χ4n) is 1.96. The summed E-state index contributed by atoms with van der Waals surface area (Å²) in [6, 6.07) is 0. The van der Waals surface area contributed by atoms with Gasteiger partial charge >= 0.3 is 0 Å². The zero-order valence-corrected chi connectivity index (χ0v) is 10.6. The van der Waals surface area contributed by atoms with E-state index in [4.69, 9.17) is 4.42 Å². The standard InChI is InChI=1S/C14H25NO/c1-2-3-4-5-6-7-8-9-10-11-14-15-12-13-16-14/h12-13H,2-11H2,1H3. The van der Waals surface area contributed by atoms with Gasteiger partial charge in [0.1, 0.15) is 6.26 Å². The van der Waals surface area contributed by atoms with Crippen molar-refractivity contribution < 1.29 is 4.42 Å². The molecule has 0 amide bonds. The van der Waals surface area contributed by atoms with E-state index >= 15 is 0 Å². The number of hydrogen-bond donors (Lipinski definition) is 0. The normalized spacial score (nSPS) is 10.8. The van der Waals surface area contributed by atoms with Crippen LogP contribution in [0.2, 0.25) is 0 Å². The van der Waals surface area contributed by atoms with Gasteiger partial charge in [-0.3, -0.25) is 0 Å². The smallest absolute Gasteiger partial charge is 0.193 e. The zero-order chi connectivity index (χ0) is 11.5. The zero-order valence-electron chi connectivity index (χ0n) is 10.6. The summed E-state index contributed by atoms with van der Waals surface area (Å²) in [6.07, 6.45) is 16.7. The highest BCUT2D eigenvalue weighted by Gasteiger charge is 1.97. The first-order chi connectivity index (χ1) is 7.93. The number of nitrogens with zero attached hydrogens (tertiary/aromatic N) is 1. The summed E-state index contributed by atoms with van der Waals surface area (Å²) < 4.78 is 5.19. The molecule has 16 heavy (non-hydrogen) atoms. The van der Waals surface area contributed by atoms with Gasteiger partial charge in [-0.05, 0) is 6.42 Å². The SMILES string of the molecule is CCCCCCCCCCCc1ncco1. The topological polar surface area (TPSA) is 26.0 Å². The minimum Gasteiger partial charge on any atom is -0.449 e. The molecule has 0 aliphatic rings. The third-order valence-corrected chi connectivity index (χ3v) is 2.98. The molecule has 1 heterocycles. The Morgan fingerprint density at radius 3 is 2.12 bits per heavy atom. The van der Waals surface area contributed by atoms with E-state index in [2.05, 4.69) is 11.9 Å². The molecule has 0 aromatic carbocycles. The summed E-state index contributed by atoms with van der Waals surface area (Å²) >= 11 is 0. The minimum absolute atomic E-state index is 0.892. The van der Waals surface area contributed by atoms with Gasteiger partial charge < -0.3 is 4.42 Å². The third-order valence-electron chi connectivity index (χ3n) is 2.98. The quantitative estimate of drug-likeness (QED) is 0.535. The average Bonchev–Trinajstić information content (AvgIpc) is 2.80. The van der Waals surface area contributed by atoms with E-state index in [1.165, 1.54) is 57.8 Å². The Morgan fingerprint density at radius 1 is 0.938 bits per heavy atom. The Labute approximate surface area is 99.5 Å². The molecule has 0 saturated carbocycles. The van der Waals surface area contributed by atoms with Crippen LogP contribution in [-0.2, 0) is 6.42 Å². The van der Waals surface area contributed by atoms with E-state index in [-0.39, 0.29) is 0 Å². The van der Waals surface area contributed by atoms with Crippen molar-refractivity contribution in [3.63, 3.8) is 0 Å². The molecule has 0 spiro atoms. The summed E-state index contributed by atoms with van der Waals surface area (Å²) in [5, 5.41) is 0. The van der Waals surface area contributed by atoms with Crippen molar-refractivity contribution >= 4 is 0 Å². The number of rotatable bonds is 10. The molecule has 0 N–H and O–H groups in total. The monoisotopic (exact) mass is 223 g/mol. The van der Waals surface area contributed by atoms with Crippen molar-refractivity contribution in [3.05, 3.63) is 18.4 Å². The van der Waals surface area contributed by atoms with Crippen LogP contribution in [0.25, 0.3) is 0 Å². The lowest BCUT2D eigenvalue weighted by molar-refractivity contribution is 0.476. The van der Waals surface area contributed by atoms with E-state index in [0.29, 0.717) is 0 Å². The van der Waals surface area contributed by atoms with Crippen molar-refractivity contribution in [1.82, 2.24) is 4.98 Å². The summed E-state index contributed by atoms with van der Waals surface area (Å²) in [4.78, 5) is 4.12. The fraction of sp³-hybridized carbons (Fsp3) is 0.786. The number of unbranched alkanes of at least 4 members (excludes halogenated alkanes) is 8. The van der Waals surface area contributed by atoms with Crippen LogP contribution >= 0.6 is 0 Å². The summed E-state index contributed by atoms with van der Waals surface area (Å²) in [5.41, 5.74) is 0. The first-order valence-corrected chi connectivity index (χ1v) is 6.82. The van der Waals surface area contributed by atoms with Gasteiger partial charge in [-0.25, -0.2) is 4.98 Å². The van der Waals surface area contributed by atoms with Crippen LogP contribution in [0.4, 0.5) is 0 Å². The van der Waals surface area contributed by atoms with Crippen LogP contribution in [0.5, 0.6) is 0 Å². The highest BCUT2D eigenvalue weighted by molar-refractivity contribution is 4.79. The first kappa shape index (κ1) is 13.3. The second kappa shape index (κ2) is 9.44. The summed E-state index contributed by atoms with van der Waals surface area (Å²) in [7, 11) is 0. The molecule has 0 bridgehead atoms. The first-order valence-electron chi connectivity index (χ1n) is 6.82. The molecule has 2 heteroatoms. The maximum Gasteiger partial charge on any atom is 0.193 e. The highest BCUT2D eigenvalue weighted by atomic mass is 16.3. The van der Waals surface area contributed by atoms with Gasteiger partial charge in [-0.1, -0.05) is 58.3 Å². The Hall–Kier alpha value is -0.790. The van der Waals surface area contributed by atoms with Gasteiger partial charge in [-0.15, -0.1) is 0 Å². The van der Waals surface area contributed by atoms with E-state index in [1.54, 1.807) is 12.5 Å². The van der Waals surface area contributed by atoms with Crippen molar-refractivity contribution in [1.29, 1.82) is 0 Å². The molecule has 0 aliphatic heterocycles. The molecule has 0 fully saturated rings. The van der Waals surface area contributed by atoms with Gasteiger partial charge in [0.05, 0.1) is 6.20 Å². The molecule has 0 radical (unpaired) electrons. The molecule has 92 valence electrons. The van der Waals surface area contributed by atoms with E-state index in [0.717, 1.165) is 12.3 Å². The molecule has 1 rings (SSSR count). The molecular weight excluding hydrogens is 198 g/mol. The second-order valence-electron chi connectivity index (χ2n) is 4.50. The van der Waals surface area contributed by atoms with Crippen molar-refractivity contribution in [2.45, 2.75) is 71.1 Å². The van der Waals surface area contributed by atoms with Crippen LogP contribution < -0.4 is 0 Å². The van der Waals surface area contributed by atoms with E-state index in [9.17, 15) is 0 Å². The predicted octanol–water partition coefficient (Wildman–Crippen LogP) is 4.75. The molecule has 0 unspecified atom stereocenters. The Kier molecular flexibility index (Phi) is 7.83. The lowest BCUT2D eigenvalue weighted by Crippen LogP contribution is -1.86. The molecule has 0 atom stereocenters. The van der Waals surface area contributed by atoms with Crippen molar-refractivity contribution in [2.75, 3.05) is 0 Å². The van der Waals surface area contributed by atoms with Gasteiger partial charge in [0.25, 0.3) is 0 Å². The molecular formula is C14H25NO. The van der Waals surface area contributed by atoms with Crippen molar-refractivity contribution in [3.8, 4) is 0 Å². The Morgan fingerprint density at radius 2 is 1.56 bits per heavy atom. The Bertz CT molecular complexity index is 231. The molecule has 2 nitrogen and oxygen atoms in total. The number of aryl methyl sites for hydroxylation is 1. The number of hydrogen-bond acceptors (Lipinski definition) is 2. The molecule has 0 aliphatic carbocycles. The van der Waals surface area contributed by atoms with Gasteiger partial charge in [0.2, 0.25) is 0 Å². The highest BCUT2D eigenvalue weighted by Crippen LogP contribution is 2.11. The fourth-order valence-corrected chi connectivity index (χ4v) is 1.96. The maximum absolute atomic E-state index is 5.19. The van der Waals surface area contributed by atoms with E-state index < -0.39 is 0 Å². The van der Waals surface area contributed by atoms with Gasteiger partial charge in [0, 0.05) is 6.42 Å². The third kappa shape index (κ3) is 6.65. The van der Waals surface area contributed by atoms with Crippen molar-refractivity contribution in [2.24, 2.45) is 0 Å². The molecule has 1 aromatic heterocycles. The van der Waals surface area contributed by atoms with Crippen LogP contribution in [0, 0.1) is 0 Å². The minimum atomic E-state index is 0.892. The van der Waals surface area contributed by atoms with E-state index in [1.807, 2.05) is 0 Å². The summed E-state index contributed by atoms with van der Waals surface area (Å²) in [5.74, 6) is 0.892. The van der Waals surface area contributed by atoms with Gasteiger partial charge in [0.15, 0.2) is 5.89 Å². The largest absolute Gasteiger partial charge is 0.449 e. The van der Waals surface area contributed by atoms with Gasteiger partial charge in [-0.2, -0.15) is 0 Å². The Balaban J connectivity index is 1.78. The lowest BCUT2D eigenvalue weighted by Gasteiger charge is -2.00. The van der Waals surface area contributed by atoms with Crippen LogP contribution in [0.1, 0.15) is 70.6 Å². The number of aromatic nitrogens is 1. The second-order valence-corrected chi connectivity index (χ2v) is 4.50. The van der Waals surface area contributed by atoms with Crippen LogP contribution in [-0.4, -0.2) is 4.98 Å². The average molecular weight is 223 g/mol. The lowest BCUT2D eigenvalue weighted by atomic mass is 10.1. The van der Waals surface area contributed by atoms with Crippen LogP contribution in [0.15, 0.2) is 16.9 Å².